The van der Waals surface area contributed by atoms with E-state index < -0.39 is 23.8 Å². The normalized spacial score (nSPS) is 12.4. The average molecular weight is 311 g/mol. The van der Waals surface area contributed by atoms with Gasteiger partial charge in [-0.25, -0.2) is 4.79 Å². The molecule has 0 unspecified atom stereocenters. The number of hydrogen-bond donors (Lipinski definition) is 3. The number of aromatic hydroxyl groups is 1. The molecule has 0 fully saturated rings. The molecule has 1 rings (SSSR count). The van der Waals surface area contributed by atoms with Crippen molar-refractivity contribution in [3.05, 3.63) is 23.8 Å². The number of phenolic OH excluding ortho intramolecular Hbond substituents is 1. The van der Waals surface area contributed by atoms with Crippen molar-refractivity contribution in [3.63, 3.8) is 0 Å². The maximum Gasteiger partial charge on any atom is 0.412 e. The number of nitrogens with one attached hydrogen (secondary N) is 1. The van der Waals surface area contributed by atoms with Gasteiger partial charge in [-0.2, -0.15) is 0 Å². The van der Waals surface area contributed by atoms with Crippen LogP contribution in [0.3, 0.4) is 0 Å². The fraction of sp³-hybridized carbons (Fsp3) is 0.467. The fourth-order valence-electron chi connectivity index (χ4n) is 1.63. The Kier molecular flexibility index (Phi) is 5.76. The number of carbonyl (C=O) groups excluding carboxylic acids is 2. The van der Waals surface area contributed by atoms with E-state index in [-0.39, 0.29) is 17.9 Å². The molecule has 0 saturated heterocycles. The summed E-state index contributed by atoms with van der Waals surface area (Å²) in [5.74, 6) is -0.810. The number of amides is 1. The Labute approximate surface area is 128 Å². The lowest BCUT2D eigenvalue weighted by Gasteiger charge is -2.20. The molecule has 0 heterocycles. The van der Waals surface area contributed by atoms with Gasteiger partial charge in [0, 0.05) is 0 Å². The summed E-state index contributed by atoms with van der Waals surface area (Å²) in [5.41, 5.74) is -0.183. The Hall–Kier alpha value is -2.28. The zero-order valence-electron chi connectivity index (χ0n) is 13.0. The third-order valence-corrected chi connectivity index (χ3v) is 2.63. The second-order valence-corrected chi connectivity index (χ2v) is 5.70. The number of ether oxygens (including phenoxy) is 2. The SMILES string of the molecule is COC(=O)C[C@H](O)c1ccc(NC(=O)OC(C)(C)C)c(O)c1. The predicted octanol–water partition coefficient (Wildman–Crippen LogP) is 2.34. The van der Waals surface area contributed by atoms with E-state index in [1.807, 2.05) is 0 Å². The first kappa shape index (κ1) is 17.8. The molecule has 1 atom stereocenters. The summed E-state index contributed by atoms with van der Waals surface area (Å²) in [5, 5.41) is 22.1. The Morgan fingerprint density at radius 3 is 2.45 bits per heavy atom. The number of aliphatic hydroxyl groups is 1. The van der Waals surface area contributed by atoms with Crippen molar-refractivity contribution < 1.29 is 29.3 Å². The lowest BCUT2D eigenvalue weighted by atomic mass is 10.1. The molecule has 0 aromatic heterocycles. The molecule has 0 aliphatic rings. The number of rotatable bonds is 4. The molecule has 1 amide bonds. The van der Waals surface area contributed by atoms with Crippen molar-refractivity contribution in [1.29, 1.82) is 0 Å². The topological polar surface area (TPSA) is 105 Å². The van der Waals surface area contributed by atoms with Crippen molar-refractivity contribution in [1.82, 2.24) is 0 Å². The first-order valence-corrected chi connectivity index (χ1v) is 6.70. The van der Waals surface area contributed by atoms with Crippen LogP contribution in [0.4, 0.5) is 10.5 Å². The highest BCUT2D eigenvalue weighted by molar-refractivity contribution is 5.87. The van der Waals surface area contributed by atoms with Crippen LogP contribution in [0.5, 0.6) is 5.75 Å². The van der Waals surface area contributed by atoms with Crippen molar-refractivity contribution in [2.45, 2.75) is 38.9 Å². The van der Waals surface area contributed by atoms with E-state index in [4.69, 9.17) is 4.74 Å². The minimum Gasteiger partial charge on any atom is -0.506 e. The lowest BCUT2D eigenvalue weighted by molar-refractivity contribution is -0.142. The Balaban J connectivity index is 2.77. The molecule has 0 aliphatic heterocycles. The molecule has 0 radical (unpaired) electrons. The van der Waals surface area contributed by atoms with Crippen molar-refractivity contribution in [3.8, 4) is 5.75 Å². The zero-order chi connectivity index (χ0) is 16.9. The van der Waals surface area contributed by atoms with E-state index in [0.717, 1.165) is 0 Å². The molecule has 0 spiro atoms. The number of benzene rings is 1. The summed E-state index contributed by atoms with van der Waals surface area (Å²) >= 11 is 0. The largest absolute Gasteiger partial charge is 0.506 e. The molecular weight excluding hydrogens is 290 g/mol. The van der Waals surface area contributed by atoms with Gasteiger partial charge in [-0.3, -0.25) is 10.1 Å². The first-order valence-electron chi connectivity index (χ1n) is 6.70. The molecule has 7 nitrogen and oxygen atoms in total. The van der Waals surface area contributed by atoms with Gasteiger partial charge < -0.3 is 19.7 Å². The lowest BCUT2D eigenvalue weighted by Crippen LogP contribution is -2.27. The molecule has 1 aromatic rings. The first-order chi connectivity index (χ1) is 10.1. The van der Waals surface area contributed by atoms with Gasteiger partial charge in [0.05, 0.1) is 25.3 Å². The molecule has 22 heavy (non-hydrogen) atoms. The van der Waals surface area contributed by atoms with Crippen molar-refractivity contribution in [2.75, 3.05) is 12.4 Å². The number of carbonyl (C=O) groups is 2. The summed E-state index contributed by atoms with van der Waals surface area (Å²) in [7, 11) is 1.22. The van der Waals surface area contributed by atoms with Gasteiger partial charge in [-0.15, -0.1) is 0 Å². The molecule has 3 N–H and O–H groups in total. The van der Waals surface area contributed by atoms with Crippen molar-refractivity contribution >= 4 is 17.7 Å². The van der Waals surface area contributed by atoms with Crippen LogP contribution in [0.2, 0.25) is 0 Å². The van der Waals surface area contributed by atoms with Gasteiger partial charge in [0.15, 0.2) is 0 Å². The summed E-state index contributed by atoms with van der Waals surface area (Å²) < 4.78 is 9.53. The monoisotopic (exact) mass is 311 g/mol. The number of methoxy groups -OCH3 is 1. The minimum atomic E-state index is -1.10. The highest BCUT2D eigenvalue weighted by Crippen LogP contribution is 2.28. The quantitative estimate of drug-likeness (QED) is 0.582. The van der Waals surface area contributed by atoms with E-state index in [2.05, 4.69) is 10.1 Å². The van der Waals surface area contributed by atoms with Gasteiger partial charge in [-0.1, -0.05) is 6.07 Å². The predicted molar refractivity (Wildman–Crippen MR) is 79.6 cm³/mol. The fourth-order valence-corrected chi connectivity index (χ4v) is 1.63. The Bertz CT molecular complexity index is 549. The average Bonchev–Trinajstić information content (AvgIpc) is 2.38. The number of anilines is 1. The van der Waals surface area contributed by atoms with Crippen LogP contribution in [-0.2, 0) is 14.3 Å². The highest BCUT2D eigenvalue weighted by atomic mass is 16.6. The second kappa shape index (κ2) is 7.13. The van der Waals surface area contributed by atoms with Crippen LogP contribution >= 0.6 is 0 Å². The molecule has 0 saturated carbocycles. The smallest absolute Gasteiger partial charge is 0.412 e. The molecule has 1 aromatic carbocycles. The molecule has 7 heteroatoms. The van der Waals surface area contributed by atoms with E-state index in [9.17, 15) is 19.8 Å². The standard InChI is InChI=1S/C15H21NO6/c1-15(2,3)22-14(20)16-10-6-5-9(7-12(10)18)11(17)8-13(19)21-4/h5-7,11,17-18H,8H2,1-4H3,(H,16,20)/t11-/m0/s1. The van der Waals surface area contributed by atoms with Gasteiger partial charge >= 0.3 is 12.1 Å². The Morgan fingerprint density at radius 2 is 1.95 bits per heavy atom. The van der Waals surface area contributed by atoms with Gasteiger partial charge in [0.25, 0.3) is 0 Å². The molecule has 0 aliphatic carbocycles. The van der Waals surface area contributed by atoms with Crippen LogP contribution in [0.25, 0.3) is 0 Å². The maximum absolute atomic E-state index is 11.6. The third kappa shape index (κ3) is 5.61. The van der Waals surface area contributed by atoms with Crippen LogP contribution in [0.1, 0.15) is 38.9 Å². The second-order valence-electron chi connectivity index (χ2n) is 5.70. The van der Waals surface area contributed by atoms with Crippen LogP contribution < -0.4 is 5.32 Å². The summed E-state index contributed by atoms with van der Waals surface area (Å²) in [6.45, 7) is 5.16. The number of esters is 1. The summed E-state index contributed by atoms with van der Waals surface area (Å²) in [6.07, 6.45) is -2.03. The minimum absolute atomic E-state index is 0.142. The van der Waals surface area contributed by atoms with Gasteiger partial charge in [0.1, 0.15) is 11.4 Å². The summed E-state index contributed by atoms with van der Waals surface area (Å²) in [4.78, 5) is 22.7. The molecule has 0 bridgehead atoms. The zero-order valence-corrected chi connectivity index (χ0v) is 13.0. The Morgan fingerprint density at radius 1 is 1.32 bits per heavy atom. The van der Waals surface area contributed by atoms with Crippen LogP contribution in [0.15, 0.2) is 18.2 Å². The van der Waals surface area contributed by atoms with Crippen LogP contribution in [0, 0.1) is 0 Å². The third-order valence-electron chi connectivity index (χ3n) is 2.63. The van der Waals surface area contributed by atoms with E-state index in [1.54, 1.807) is 20.8 Å². The highest BCUT2D eigenvalue weighted by Gasteiger charge is 2.19. The van der Waals surface area contributed by atoms with Crippen molar-refractivity contribution in [2.24, 2.45) is 0 Å². The summed E-state index contributed by atoms with van der Waals surface area (Å²) in [6, 6.07) is 4.16. The molecular formula is C15H21NO6. The van der Waals surface area contributed by atoms with E-state index >= 15 is 0 Å². The van der Waals surface area contributed by atoms with Gasteiger partial charge in [-0.05, 0) is 38.5 Å². The van der Waals surface area contributed by atoms with E-state index in [1.165, 1.54) is 25.3 Å². The van der Waals surface area contributed by atoms with Crippen LogP contribution in [-0.4, -0.2) is 35.0 Å². The number of aliphatic hydroxyl groups excluding tert-OH is 1. The maximum atomic E-state index is 11.6. The number of hydrogen-bond acceptors (Lipinski definition) is 6. The van der Waals surface area contributed by atoms with E-state index in [0.29, 0.717) is 5.56 Å². The van der Waals surface area contributed by atoms with Gasteiger partial charge in [0.2, 0.25) is 0 Å². The number of phenols is 1. The molecule has 122 valence electrons.